The summed E-state index contributed by atoms with van der Waals surface area (Å²) in [6, 6.07) is 5.98. The van der Waals surface area contributed by atoms with E-state index in [2.05, 4.69) is 10.0 Å². The molecule has 0 heterocycles. The van der Waals surface area contributed by atoms with Gasteiger partial charge in [0.15, 0.2) is 0 Å². The second-order valence-electron chi connectivity index (χ2n) is 4.46. The van der Waals surface area contributed by atoms with E-state index in [-0.39, 0.29) is 0 Å². The summed E-state index contributed by atoms with van der Waals surface area (Å²) in [4.78, 5) is 0.351. The fourth-order valence-electron chi connectivity index (χ4n) is 1.88. The first-order valence-corrected chi connectivity index (χ1v) is 7.32. The zero-order valence-corrected chi connectivity index (χ0v) is 11.0. The Hall–Kier alpha value is -1.07. The molecule has 1 fully saturated rings. The molecule has 0 spiro atoms. The van der Waals surface area contributed by atoms with Gasteiger partial charge in [0, 0.05) is 11.7 Å². The molecule has 0 amide bonds. The van der Waals surface area contributed by atoms with Gasteiger partial charge in [0.1, 0.15) is 0 Å². The SMILES string of the molecule is CNS(=O)(=O)c1cc(NC2CCC2)ccc1C. The van der Waals surface area contributed by atoms with Crippen molar-refractivity contribution in [3.05, 3.63) is 23.8 Å². The number of aryl methyl sites for hydroxylation is 1. The van der Waals surface area contributed by atoms with E-state index in [1.807, 2.05) is 12.1 Å². The topological polar surface area (TPSA) is 58.2 Å². The Labute approximate surface area is 102 Å². The third-order valence-corrected chi connectivity index (χ3v) is 4.78. The molecule has 2 N–H and O–H groups in total. The van der Waals surface area contributed by atoms with Gasteiger partial charge in [0.2, 0.25) is 10.0 Å². The van der Waals surface area contributed by atoms with Gasteiger partial charge in [-0.3, -0.25) is 0 Å². The molecule has 1 aromatic carbocycles. The standard InChI is InChI=1S/C12H18N2O2S/c1-9-6-7-11(14-10-4-3-5-10)8-12(9)17(15,16)13-2/h6-8,10,13-14H,3-5H2,1-2H3. The van der Waals surface area contributed by atoms with Crippen LogP contribution in [-0.2, 0) is 10.0 Å². The van der Waals surface area contributed by atoms with Crippen LogP contribution in [0.5, 0.6) is 0 Å². The summed E-state index contributed by atoms with van der Waals surface area (Å²) in [5.74, 6) is 0. The number of hydrogen-bond donors (Lipinski definition) is 2. The molecule has 1 aliphatic rings. The molecule has 5 heteroatoms. The molecule has 0 radical (unpaired) electrons. The summed E-state index contributed by atoms with van der Waals surface area (Å²) in [7, 11) is -1.93. The lowest BCUT2D eigenvalue weighted by molar-refractivity contribution is 0.445. The largest absolute Gasteiger partial charge is 0.382 e. The van der Waals surface area contributed by atoms with E-state index < -0.39 is 10.0 Å². The minimum Gasteiger partial charge on any atom is -0.382 e. The molecule has 1 aliphatic carbocycles. The predicted octanol–water partition coefficient (Wildman–Crippen LogP) is 1.87. The Bertz CT molecular complexity index is 507. The summed E-state index contributed by atoms with van der Waals surface area (Å²) in [6.45, 7) is 1.80. The van der Waals surface area contributed by atoms with Gasteiger partial charge < -0.3 is 5.32 Å². The van der Waals surface area contributed by atoms with Crippen LogP contribution in [0.2, 0.25) is 0 Å². The van der Waals surface area contributed by atoms with Crippen LogP contribution >= 0.6 is 0 Å². The Morgan fingerprint density at radius 1 is 1.29 bits per heavy atom. The number of sulfonamides is 1. The van der Waals surface area contributed by atoms with Crippen molar-refractivity contribution in [2.45, 2.75) is 37.1 Å². The molecule has 0 aromatic heterocycles. The minimum absolute atomic E-state index is 0.351. The third-order valence-electron chi connectivity index (χ3n) is 3.22. The number of benzene rings is 1. The average molecular weight is 254 g/mol. The molecule has 94 valence electrons. The highest BCUT2D eigenvalue weighted by Gasteiger charge is 2.19. The molecule has 2 rings (SSSR count). The third kappa shape index (κ3) is 2.61. The maximum atomic E-state index is 11.8. The number of anilines is 1. The Kier molecular flexibility index (Phi) is 3.40. The Morgan fingerprint density at radius 2 is 2.00 bits per heavy atom. The van der Waals surface area contributed by atoms with Gasteiger partial charge in [0.05, 0.1) is 4.90 Å². The summed E-state index contributed by atoms with van der Waals surface area (Å²) >= 11 is 0. The molecular formula is C12H18N2O2S. The van der Waals surface area contributed by atoms with Crippen molar-refractivity contribution in [1.82, 2.24) is 4.72 Å². The molecule has 4 nitrogen and oxygen atoms in total. The molecule has 0 unspecified atom stereocenters. The first kappa shape index (κ1) is 12.4. The van der Waals surface area contributed by atoms with E-state index in [1.54, 1.807) is 13.0 Å². The van der Waals surface area contributed by atoms with Crippen LogP contribution in [0.15, 0.2) is 23.1 Å². The van der Waals surface area contributed by atoms with E-state index in [1.165, 1.54) is 26.3 Å². The lowest BCUT2D eigenvalue weighted by Crippen LogP contribution is -2.27. The van der Waals surface area contributed by atoms with Crippen LogP contribution in [0.3, 0.4) is 0 Å². The van der Waals surface area contributed by atoms with Crippen molar-refractivity contribution in [2.75, 3.05) is 12.4 Å². The summed E-state index contributed by atoms with van der Waals surface area (Å²) < 4.78 is 26.0. The second-order valence-corrected chi connectivity index (χ2v) is 6.31. The van der Waals surface area contributed by atoms with Crippen molar-refractivity contribution in [3.8, 4) is 0 Å². The Morgan fingerprint density at radius 3 is 2.53 bits per heavy atom. The van der Waals surface area contributed by atoms with Gasteiger partial charge in [-0.1, -0.05) is 6.07 Å². The zero-order chi connectivity index (χ0) is 12.5. The van der Waals surface area contributed by atoms with Crippen molar-refractivity contribution < 1.29 is 8.42 Å². The smallest absolute Gasteiger partial charge is 0.240 e. The van der Waals surface area contributed by atoms with Crippen LogP contribution in [0.1, 0.15) is 24.8 Å². The van der Waals surface area contributed by atoms with Crippen molar-refractivity contribution in [1.29, 1.82) is 0 Å². The molecular weight excluding hydrogens is 236 g/mol. The molecule has 0 saturated heterocycles. The van der Waals surface area contributed by atoms with Crippen molar-refractivity contribution in [3.63, 3.8) is 0 Å². The van der Waals surface area contributed by atoms with Crippen LogP contribution < -0.4 is 10.0 Å². The fraction of sp³-hybridized carbons (Fsp3) is 0.500. The van der Waals surface area contributed by atoms with Crippen LogP contribution in [-0.4, -0.2) is 21.5 Å². The first-order chi connectivity index (χ1) is 8.03. The molecule has 1 aromatic rings. The lowest BCUT2D eigenvalue weighted by Gasteiger charge is -2.27. The van der Waals surface area contributed by atoms with Gasteiger partial charge in [-0.25, -0.2) is 13.1 Å². The summed E-state index contributed by atoms with van der Waals surface area (Å²) in [6.07, 6.45) is 3.59. The highest BCUT2D eigenvalue weighted by Crippen LogP contribution is 2.25. The maximum absolute atomic E-state index is 11.8. The Balaban J connectivity index is 2.28. The highest BCUT2D eigenvalue weighted by molar-refractivity contribution is 7.89. The van der Waals surface area contributed by atoms with Crippen LogP contribution in [0, 0.1) is 6.92 Å². The lowest BCUT2D eigenvalue weighted by atomic mass is 9.93. The van der Waals surface area contributed by atoms with Crippen LogP contribution in [0.4, 0.5) is 5.69 Å². The average Bonchev–Trinajstić information content (AvgIpc) is 2.25. The van der Waals surface area contributed by atoms with E-state index >= 15 is 0 Å². The minimum atomic E-state index is -3.37. The normalized spacial score (nSPS) is 16.6. The van der Waals surface area contributed by atoms with Crippen molar-refractivity contribution in [2.24, 2.45) is 0 Å². The monoisotopic (exact) mass is 254 g/mol. The summed E-state index contributed by atoms with van der Waals surface area (Å²) in [5, 5.41) is 3.35. The van der Waals surface area contributed by atoms with E-state index in [0.717, 1.165) is 11.3 Å². The van der Waals surface area contributed by atoms with Gasteiger partial charge in [-0.15, -0.1) is 0 Å². The van der Waals surface area contributed by atoms with Gasteiger partial charge in [-0.05, 0) is 50.9 Å². The quantitative estimate of drug-likeness (QED) is 0.862. The van der Waals surface area contributed by atoms with Crippen LogP contribution in [0.25, 0.3) is 0 Å². The summed E-state index contributed by atoms with van der Waals surface area (Å²) in [5.41, 5.74) is 1.65. The maximum Gasteiger partial charge on any atom is 0.240 e. The fourth-order valence-corrected chi connectivity index (χ4v) is 2.87. The predicted molar refractivity (Wildman–Crippen MR) is 68.7 cm³/mol. The first-order valence-electron chi connectivity index (χ1n) is 5.83. The van der Waals surface area contributed by atoms with Gasteiger partial charge in [-0.2, -0.15) is 0 Å². The molecule has 0 bridgehead atoms. The van der Waals surface area contributed by atoms with Gasteiger partial charge >= 0.3 is 0 Å². The highest BCUT2D eigenvalue weighted by atomic mass is 32.2. The van der Waals surface area contributed by atoms with E-state index in [9.17, 15) is 8.42 Å². The molecule has 17 heavy (non-hydrogen) atoms. The van der Waals surface area contributed by atoms with Gasteiger partial charge in [0.25, 0.3) is 0 Å². The van der Waals surface area contributed by atoms with E-state index in [0.29, 0.717) is 10.9 Å². The van der Waals surface area contributed by atoms with Crippen molar-refractivity contribution >= 4 is 15.7 Å². The van der Waals surface area contributed by atoms with E-state index in [4.69, 9.17) is 0 Å². The molecule has 1 saturated carbocycles. The number of hydrogen-bond acceptors (Lipinski definition) is 3. The number of nitrogens with one attached hydrogen (secondary N) is 2. The second kappa shape index (κ2) is 4.66. The molecule has 0 aliphatic heterocycles. The zero-order valence-electron chi connectivity index (χ0n) is 10.2. The molecule has 0 atom stereocenters. The number of rotatable bonds is 4.